The Balaban J connectivity index is 1.98. The van der Waals surface area contributed by atoms with Crippen LogP contribution in [0.2, 0.25) is 5.15 Å². The van der Waals surface area contributed by atoms with E-state index >= 15 is 0 Å². The number of halogens is 1. The van der Waals surface area contributed by atoms with E-state index in [1.54, 1.807) is 11.0 Å². The Kier molecular flexibility index (Phi) is 5.17. The zero-order valence-corrected chi connectivity index (χ0v) is 13.1. The molecule has 1 aromatic heterocycles. The van der Waals surface area contributed by atoms with E-state index in [0.29, 0.717) is 5.56 Å². The number of aromatic nitrogens is 1. The molecule has 0 bridgehead atoms. The van der Waals surface area contributed by atoms with Crippen molar-refractivity contribution in [1.82, 2.24) is 15.2 Å². The largest absolute Gasteiger partial charge is 0.343 e. The van der Waals surface area contributed by atoms with Crippen molar-refractivity contribution in [3.8, 4) is 0 Å². The average molecular weight is 310 g/mol. The second-order valence-electron chi connectivity index (χ2n) is 5.53. The third kappa shape index (κ3) is 4.17. The first-order chi connectivity index (χ1) is 9.97. The van der Waals surface area contributed by atoms with E-state index in [1.807, 2.05) is 13.8 Å². The molecule has 1 aliphatic heterocycles. The summed E-state index contributed by atoms with van der Waals surface area (Å²) in [5, 5.41) is 2.94. The van der Waals surface area contributed by atoms with E-state index < -0.39 is 0 Å². The maximum absolute atomic E-state index is 12.1. The predicted octanol–water partition coefficient (Wildman–Crippen LogP) is 2.21. The smallest absolute Gasteiger partial charge is 0.251 e. The number of likely N-dealkylation sites (tertiary alicyclic amines) is 1. The van der Waals surface area contributed by atoms with Gasteiger partial charge < -0.3 is 10.2 Å². The number of pyridine rings is 1. The summed E-state index contributed by atoms with van der Waals surface area (Å²) in [6.45, 7) is 5.56. The Labute approximate surface area is 129 Å². The Morgan fingerprint density at radius 2 is 2.00 bits per heavy atom. The molecule has 0 radical (unpaired) electrons. The molecule has 1 N–H and O–H groups in total. The molecule has 1 fully saturated rings. The van der Waals surface area contributed by atoms with Crippen molar-refractivity contribution < 1.29 is 9.59 Å². The SMILES string of the molecule is CC(C)c1cc(C(=O)NCC(=O)N2CCCC2)cc(Cl)n1. The van der Waals surface area contributed by atoms with E-state index in [-0.39, 0.29) is 29.4 Å². The van der Waals surface area contributed by atoms with Gasteiger partial charge >= 0.3 is 0 Å². The number of nitrogens with one attached hydrogen (secondary N) is 1. The van der Waals surface area contributed by atoms with Crippen LogP contribution in [0.4, 0.5) is 0 Å². The van der Waals surface area contributed by atoms with Crippen molar-refractivity contribution >= 4 is 23.4 Å². The molecule has 1 saturated heterocycles. The van der Waals surface area contributed by atoms with Crippen molar-refractivity contribution in [2.75, 3.05) is 19.6 Å². The topological polar surface area (TPSA) is 62.3 Å². The van der Waals surface area contributed by atoms with Gasteiger partial charge in [-0.15, -0.1) is 0 Å². The minimum Gasteiger partial charge on any atom is -0.343 e. The fraction of sp³-hybridized carbons (Fsp3) is 0.533. The molecule has 0 spiro atoms. The first-order valence-corrected chi connectivity index (χ1v) is 7.58. The van der Waals surface area contributed by atoms with E-state index in [1.165, 1.54) is 6.07 Å². The monoisotopic (exact) mass is 309 g/mol. The van der Waals surface area contributed by atoms with Crippen molar-refractivity contribution in [3.63, 3.8) is 0 Å². The molecule has 2 rings (SSSR count). The number of carbonyl (C=O) groups excluding carboxylic acids is 2. The average Bonchev–Trinajstić information content (AvgIpc) is 2.97. The summed E-state index contributed by atoms with van der Waals surface area (Å²) in [4.78, 5) is 30.0. The van der Waals surface area contributed by atoms with Gasteiger partial charge in [-0.25, -0.2) is 4.98 Å². The normalized spacial score (nSPS) is 14.6. The molecule has 1 aliphatic rings. The van der Waals surface area contributed by atoms with Gasteiger partial charge in [-0.1, -0.05) is 25.4 Å². The fourth-order valence-corrected chi connectivity index (χ4v) is 2.50. The highest BCUT2D eigenvalue weighted by atomic mass is 35.5. The van der Waals surface area contributed by atoms with E-state index in [0.717, 1.165) is 31.6 Å². The van der Waals surface area contributed by atoms with Gasteiger partial charge in [0.05, 0.1) is 6.54 Å². The minimum atomic E-state index is -0.297. The van der Waals surface area contributed by atoms with E-state index in [9.17, 15) is 9.59 Å². The van der Waals surface area contributed by atoms with Gasteiger partial charge in [0.15, 0.2) is 0 Å². The summed E-state index contributed by atoms with van der Waals surface area (Å²) in [6, 6.07) is 3.23. The highest BCUT2D eigenvalue weighted by molar-refractivity contribution is 6.29. The van der Waals surface area contributed by atoms with Gasteiger partial charge in [0, 0.05) is 24.3 Å². The summed E-state index contributed by atoms with van der Waals surface area (Å²) >= 11 is 5.94. The number of nitrogens with zero attached hydrogens (tertiary/aromatic N) is 2. The maximum atomic E-state index is 12.1. The standard InChI is InChI=1S/C15H20ClN3O2/c1-10(2)12-7-11(8-13(16)18-12)15(21)17-9-14(20)19-5-3-4-6-19/h7-8,10H,3-6,9H2,1-2H3,(H,17,21). The van der Waals surface area contributed by atoms with Crippen LogP contribution in [0, 0.1) is 0 Å². The van der Waals surface area contributed by atoms with Crippen LogP contribution in [0.3, 0.4) is 0 Å². The van der Waals surface area contributed by atoms with Gasteiger partial charge in [-0.05, 0) is 30.9 Å². The lowest BCUT2D eigenvalue weighted by Gasteiger charge is -2.15. The zero-order chi connectivity index (χ0) is 15.4. The number of rotatable bonds is 4. The quantitative estimate of drug-likeness (QED) is 0.867. The highest BCUT2D eigenvalue weighted by Crippen LogP contribution is 2.17. The first kappa shape index (κ1) is 15.8. The van der Waals surface area contributed by atoms with Crippen LogP contribution in [-0.2, 0) is 4.79 Å². The lowest BCUT2D eigenvalue weighted by Crippen LogP contribution is -2.38. The summed E-state index contributed by atoms with van der Waals surface area (Å²) in [5.74, 6) is -0.152. The third-order valence-corrected chi connectivity index (χ3v) is 3.72. The number of amides is 2. The van der Waals surface area contributed by atoms with Gasteiger partial charge in [-0.2, -0.15) is 0 Å². The van der Waals surface area contributed by atoms with Crippen molar-refractivity contribution in [3.05, 3.63) is 28.5 Å². The highest BCUT2D eigenvalue weighted by Gasteiger charge is 2.19. The van der Waals surface area contributed by atoms with Crippen molar-refractivity contribution in [2.24, 2.45) is 0 Å². The van der Waals surface area contributed by atoms with Crippen LogP contribution < -0.4 is 5.32 Å². The first-order valence-electron chi connectivity index (χ1n) is 7.21. The van der Waals surface area contributed by atoms with Crippen LogP contribution in [0.1, 0.15) is 48.7 Å². The van der Waals surface area contributed by atoms with Crippen LogP contribution in [0.15, 0.2) is 12.1 Å². The molecule has 5 nitrogen and oxygen atoms in total. The molecule has 0 aliphatic carbocycles. The summed E-state index contributed by atoms with van der Waals surface area (Å²) in [5.41, 5.74) is 1.20. The van der Waals surface area contributed by atoms with Crippen molar-refractivity contribution in [1.29, 1.82) is 0 Å². The molecule has 0 aromatic carbocycles. The molecule has 2 heterocycles. The molecule has 21 heavy (non-hydrogen) atoms. The van der Waals surface area contributed by atoms with Gasteiger partial charge in [-0.3, -0.25) is 9.59 Å². The van der Waals surface area contributed by atoms with Crippen LogP contribution in [-0.4, -0.2) is 41.3 Å². The Morgan fingerprint density at radius 3 is 2.62 bits per heavy atom. The second-order valence-corrected chi connectivity index (χ2v) is 5.92. The third-order valence-electron chi connectivity index (χ3n) is 3.53. The zero-order valence-electron chi connectivity index (χ0n) is 12.4. The molecular weight excluding hydrogens is 290 g/mol. The number of carbonyl (C=O) groups is 2. The molecule has 2 amide bonds. The molecule has 0 unspecified atom stereocenters. The predicted molar refractivity (Wildman–Crippen MR) is 81.5 cm³/mol. The van der Waals surface area contributed by atoms with Gasteiger partial charge in [0.1, 0.15) is 5.15 Å². The second kappa shape index (κ2) is 6.89. The molecule has 1 aromatic rings. The summed E-state index contributed by atoms with van der Waals surface area (Å²) < 4.78 is 0. The molecule has 0 saturated carbocycles. The minimum absolute atomic E-state index is 0.0236. The number of hydrogen-bond donors (Lipinski definition) is 1. The van der Waals surface area contributed by atoms with Crippen LogP contribution in [0.5, 0.6) is 0 Å². The van der Waals surface area contributed by atoms with Crippen LogP contribution in [0.25, 0.3) is 0 Å². The summed E-state index contributed by atoms with van der Waals surface area (Å²) in [7, 11) is 0. The van der Waals surface area contributed by atoms with Crippen LogP contribution >= 0.6 is 11.6 Å². The summed E-state index contributed by atoms with van der Waals surface area (Å²) in [6.07, 6.45) is 2.08. The van der Waals surface area contributed by atoms with Gasteiger partial charge in [0.25, 0.3) is 5.91 Å². The molecular formula is C15H20ClN3O2. The molecule has 6 heteroatoms. The lowest BCUT2D eigenvalue weighted by atomic mass is 10.1. The lowest BCUT2D eigenvalue weighted by molar-refractivity contribution is -0.129. The Hall–Kier alpha value is -1.62. The number of hydrogen-bond acceptors (Lipinski definition) is 3. The molecule has 0 atom stereocenters. The van der Waals surface area contributed by atoms with Crippen molar-refractivity contribution in [2.45, 2.75) is 32.6 Å². The van der Waals surface area contributed by atoms with Gasteiger partial charge in [0.2, 0.25) is 5.91 Å². The fourth-order valence-electron chi connectivity index (χ4n) is 2.28. The molecule has 114 valence electrons. The Morgan fingerprint density at radius 1 is 1.33 bits per heavy atom. The van der Waals surface area contributed by atoms with E-state index in [4.69, 9.17) is 11.6 Å². The Bertz CT molecular complexity index is 540. The maximum Gasteiger partial charge on any atom is 0.251 e. The van der Waals surface area contributed by atoms with E-state index in [2.05, 4.69) is 10.3 Å².